The fourth-order valence-electron chi connectivity index (χ4n) is 2.91. The molecule has 3 aromatic carbocycles. The summed E-state index contributed by atoms with van der Waals surface area (Å²) in [7, 11) is 0. The standard InChI is InChI=1S/C24H18FNO3S2/c25-18-11-7-16(8-12-18)23(28)17-9-13-19(14-10-17)29-22(27)6-3-15-30-24-26-20-4-1-2-5-21(20)31-24/h1-2,4-5,7-14H,3,6,15H2. The summed E-state index contributed by atoms with van der Waals surface area (Å²) in [6.45, 7) is 0. The molecule has 31 heavy (non-hydrogen) atoms. The summed E-state index contributed by atoms with van der Waals surface area (Å²) in [4.78, 5) is 29.1. The van der Waals surface area contributed by atoms with E-state index in [2.05, 4.69) is 4.98 Å². The number of hydrogen-bond donors (Lipinski definition) is 0. The number of halogens is 1. The first-order chi connectivity index (χ1) is 15.1. The number of ether oxygens (including phenoxy) is 1. The fraction of sp³-hybridized carbons (Fsp3) is 0.125. The third-order valence-corrected chi connectivity index (χ3v) is 6.75. The summed E-state index contributed by atoms with van der Waals surface area (Å²) >= 11 is 3.29. The SMILES string of the molecule is O=C(CCCSc1nc2ccccc2s1)Oc1ccc(C(=O)c2ccc(F)cc2)cc1. The maximum atomic E-state index is 13.0. The molecule has 1 heterocycles. The second-order valence-corrected chi connectivity index (χ2v) is 9.11. The highest BCUT2D eigenvalue weighted by Gasteiger charge is 2.11. The van der Waals surface area contributed by atoms with Crippen molar-refractivity contribution in [3.63, 3.8) is 0 Å². The van der Waals surface area contributed by atoms with Crippen LogP contribution in [0.15, 0.2) is 77.1 Å². The monoisotopic (exact) mass is 451 g/mol. The van der Waals surface area contributed by atoms with Crippen molar-refractivity contribution in [2.24, 2.45) is 0 Å². The number of nitrogens with zero attached hydrogens (tertiary/aromatic N) is 1. The van der Waals surface area contributed by atoms with Crippen LogP contribution < -0.4 is 4.74 Å². The van der Waals surface area contributed by atoms with Crippen LogP contribution in [0.2, 0.25) is 0 Å². The minimum absolute atomic E-state index is 0.218. The van der Waals surface area contributed by atoms with Crippen LogP contribution in [0.1, 0.15) is 28.8 Å². The van der Waals surface area contributed by atoms with E-state index in [-0.39, 0.29) is 11.8 Å². The Morgan fingerprint density at radius 2 is 1.61 bits per heavy atom. The molecule has 0 fully saturated rings. The highest BCUT2D eigenvalue weighted by Crippen LogP contribution is 2.29. The topological polar surface area (TPSA) is 56.3 Å². The number of hydrogen-bond acceptors (Lipinski definition) is 6. The van der Waals surface area contributed by atoms with Gasteiger partial charge in [0, 0.05) is 23.3 Å². The minimum Gasteiger partial charge on any atom is -0.427 e. The number of carbonyl (C=O) groups excluding carboxylic acids is 2. The number of ketones is 1. The second kappa shape index (κ2) is 9.85. The van der Waals surface area contributed by atoms with Crippen LogP contribution in [0.25, 0.3) is 10.2 Å². The Kier molecular flexibility index (Phi) is 6.74. The number of aromatic nitrogens is 1. The van der Waals surface area contributed by atoms with Gasteiger partial charge in [-0.2, -0.15) is 0 Å². The Morgan fingerprint density at radius 1 is 0.935 bits per heavy atom. The average Bonchev–Trinajstić information content (AvgIpc) is 3.20. The molecule has 1 aromatic heterocycles. The molecule has 156 valence electrons. The number of esters is 1. The number of para-hydroxylation sites is 1. The summed E-state index contributed by atoms with van der Waals surface area (Å²) < 4.78 is 20.5. The molecule has 0 saturated heterocycles. The Balaban J connectivity index is 1.23. The van der Waals surface area contributed by atoms with Gasteiger partial charge in [-0.05, 0) is 67.1 Å². The quantitative estimate of drug-likeness (QED) is 0.106. The highest BCUT2D eigenvalue weighted by atomic mass is 32.2. The van der Waals surface area contributed by atoms with Gasteiger partial charge in [-0.3, -0.25) is 9.59 Å². The lowest BCUT2D eigenvalue weighted by Gasteiger charge is -2.06. The first-order valence-corrected chi connectivity index (χ1v) is 11.5. The number of thioether (sulfide) groups is 1. The van der Waals surface area contributed by atoms with Crippen molar-refractivity contribution >= 4 is 45.1 Å². The zero-order valence-corrected chi connectivity index (χ0v) is 18.0. The molecule has 4 nitrogen and oxygen atoms in total. The van der Waals surface area contributed by atoms with Crippen molar-refractivity contribution in [2.75, 3.05) is 5.75 Å². The predicted molar refractivity (Wildman–Crippen MR) is 121 cm³/mol. The van der Waals surface area contributed by atoms with Gasteiger partial charge in [-0.25, -0.2) is 9.37 Å². The van der Waals surface area contributed by atoms with Crippen LogP contribution in [0, 0.1) is 5.82 Å². The molecular formula is C24H18FNO3S2. The van der Waals surface area contributed by atoms with E-state index in [0.29, 0.717) is 29.7 Å². The summed E-state index contributed by atoms with van der Waals surface area (Å²) in [6, 6.07) is 19.8. The van der Waals surface area contributed by atoms with E-state index in [1.807, 2.05) is 24.3 Å². The summed E-state index contributed by atoms with van der Waals surface area (Å²) in [5.41, 5.74) is 1.84. The average molecular weight is 452 g/mol. The van der Waals surface area contributed by atoms with Gasteiger partial charge in [0.15, 0.2) is 10.1 Å². The molecule has 0 aliphatic rings. The van der Waals surface area contributed by atoms with E-state index in [1.165, 1.54) is 24.3 Å². The van der Waals surface area contributed by atoms with Gasteiger partial charge in [0.05, 0.1) is 10.2 Å². The van der Waals surface area contributed by atoms with Crippen molar-refractivity contribution in [1.29, 1.82) is 0 Å². The molecule has 7 heteroatoms. The Bertz CT molecular complexity index is 1170. The Labute approximate surface area is 187 Å². The third-order valence-electron chi connectivity index (χ3n) is 4.48. The Morgan fingerprint density at radius 3 is 2.32 bits per heavy atom. The van der Waals surface area contributed by atoms with Crippen LogP contribution in [-0.2, 0) is 4.79 Å². The fourth-order valence-corrected chi connectivity index (χ4v) is 4.99. The largest absolute Gasteiger partial charge is 0.427 e. The van der Waals surface area contributed by atoms with Crippen molar-refractivity contribution in [1.82, 2.24) is 4.98 Å². The van der Waals surface area contributed by atoms with Gasteiger partial charge in [-0.1, -0.05) is 23.9 Å². The molecule has 0 N–H and O–H groups in total. The van der Waals surface area contributed by atoms with Gasteiger partial charge < -0.3 is 4.74 Å². The molecule has 0 aliphatic carbocycles. The summed E-state index contributed by atoms with van der Waals surface area (Å²) in [6.07, 6.45) is 0.981. The summed E-state index contributed by atoms with van der Waals surface area (Å²) in [5.74, 6) is 0.240. The second-order valence-electron chi connectivity index (χ2n) is 6.73. The van der Waals surface area contributed by atoms with E-state index < -0.39 is 5.82 Å². The van der Waals surface area contributed by atoms with Crippen molar-refractivity contribution in [3.8, 4) is 5.75 Å². The molecular weight excluding hydrogens is 433 g/mol. The van der Waals surface area contributed by atoms with Crippen molar-refractivity contribution < 1.29 is 18.7 Å². The number of rotatable bonds is 8. The first-order valence-electron chi connectivity index (χ1n) is 9.68. The zero-order chi connectivity index (χ0) is 21.6. The zero-order valence-electron chi connectivity index (χ0n) is 16.4. The molecule has 0 aliphatic heterocycles. The van der Waals surface area contributed by atoms with Crippen molar-refractivity contribution in [3.05, 3.63) is 89.7 Å². The normalized spacial score (nSPS) is 10.9. The van der Waals surface area contributed by atoms with Gasteiger partial charge in [0.25, 0.3) is 0 Å². The van der Waals surface area contributed by atoms with Crippen LogP contribution in [0.4, 0.5) is 4.39 Å². The lowest BCUT2D eigenvalue weighted by Crippen LogP contribution is -2.08. The van der Waals surface area contributed by atoms with Crippen molar-refractivity contribution in [2.45, 2.75) is 17.2 Å². The molecule has 4 rings (SSSR count). The minimum atomic E-state index is -0.391. The number of carbonyl (C=O) groups is 2. The van der Waals surface area contributed by atoms with Gasteiger partial charge in [0.2, 0.25) is 0 Å². The molecule has 0 spiro atoms. The Hall–Kier alpha value is -3.03. The molecule has 0 saturated carbocycles. The molecule has 0 radical (unpaired) electrons. The number of benzene rings is 3. The van der Waals surface area contributed by atoms with Crippen LogP contribution in [-0.4, -0.2) is 22.5 Å². The first kappa shape index (κ1) is 21.2. The molecule has 0 unspecified atom stereocenters. The van der Waals surface area contributed by atoms with Gasteiger partial charge in [0.1, 0.15) is 11.6 Å². The van der Waals surface area contributed by atoms with E-state index in [9.17, 15) is 14.0 Å². The summed E-state index contributed by atoms with van der Waals surface area (Å²) in [5, 5.41) is 0. The molecule has 0 atom stereocenters. The lowest BCUT2D eigenvalue weighted by atomic mass is 10.0. The maximum absolute atomic E-state index is 13.0. The number of fused-ring (bicyclic) bond motifs is 1. The maximum Gasteiger partial charge on any atom is 0.311 e. The van der Waals surface area contributed by atoms with Crippen LogP contribution >= 0.6 is 23.1 Å². The smallest absolute Gasteiger partial charge is 0.311 e. The number of thiazole rings is 1. The van der Waals surface area contributed by atoms with Gasteiger partial charge in [-0.15, -0.1) is 11.3 Å². The van der Waals surface area contributed by atoms with E-state index in [1.54, 1.807) is 47.4 Å². The lowest BCUT2D eigenvalue weighted by molar-refractivity contribution is -0.134. The third kappa shape index (κ3) is 5.57. The van der Waals surface area contributed by atoms with Crippen LogP contribution in [0.3, 0.4) is 0 Å². The van der Waals surface area contributed by atoms with Gasteiger partial charge >= 0.3 is 5.97 Å². The highest BCUT2D eigenvalue weighted by molar-refractivity contribution is 8.01. The van der Waals surface area contributed by atoms with E-state index >= 15 is 0 Å². The van der Waals surface area contributed by atoms with E-state index in [4.69, 9.17) is 4.74 Å². The molecule has 0 bridgehead atoms. The van der Waals surface area contributed by atoms with Crippen LogP contribution in [0.5, 0.6) is 5.75 Å². The van der Waals surface area contributed by atoms with E-state index in [0.717, 1.165) is 20.3 Å². The predicted octanol–water partition coefficient (Wildman–Crippen LogP) is 6.14. The molecule has 4 aromatic rings. The molecule has 0 amide bonds.